The van der Waals surface area contributed by atoms with E-state index >= 15 is 0 Å². The molecule has 0 aromatic heterocycles. The number of hydrogen-bond donors (Lipinski definition) is 2. The quantitative estimate of drug-likeness (QED) is 0.828. The van der Waals surface area contributed by atoms with E-state index in [9.17, 15) is 5.11 Å². The van der Waals surface area contributed by atoms with Crippen LogP contribution in [0.3, 0.4) is 0 Å². The van der Waals surface area contributed by atoms with Gasteiger partial charge in [-0.25, -0.2) is 0 Å². The Hall–Kier alpha value is -0.250. The highest BCUT2D eigenvalue weighted by Gasteiger charge is 2.19. The number of halogens is 2. The summed E-state index contributed by atoms with van der Waals surface area (Å²) >= 11 is 9.18. The summed E-state index contributed by atoms with van der Waals surface area (Å²) in [7, 11) is 0. The first-order valence-corrected chi connectivity index (χ1v) is 6.27. The normalized spacial score (nSPS) is 21.6. The predicted octanol–water partition coefficient (Wildman–Crippen LogP) is 3.62. The van der Waals surface area contributed by atoms with Gasteiger partial charge in [0.2, 0.25) is 0 Å². The number of aromatic hydroxyl groups is 1. The molecule has 1 fully saturated rings. The molecule has 1 aliphatic rings. The Morgan fingerprint density at radius 2 is 2.20 bits per heavy atom. The summed E-state index contributed by atoms with van der Waals surface area (Å²) in [5.74, 6) is 0.266. The maximum absolute atomic E-state index is 9.96. The van der Waals surface area contributed by atoms with Crippen molar-refractivity contribution in [2.75, 3.05) is 6.54 Å². The van der Waals surface area contributed by atoms with E-state index in [0.717, 1.165) is 18.5 Å². The SMILES string of the molecule is Oc1c([C@H]2CCCCN2)ccc(Cl)c1Br. The Labute approximate surface area is 103 Å². The number of benzene rings is 1. The predicted molar refractivity (Wildman–Crippen MR) is 65.4 cm³/mol. The van der Waals surface area contributed by atoms with Crippen molar-refractivity contribution in [3.8, 4) is 5.75 Å². The van der Waals surface area contributed by atoms with Crippen LogP contribution < -0.4 is 5.32 Å². The highest BCUT2D eigenvalue weighted by Crippen LogP contribution is 2.39. The molecule has 1 atom stereocenters. The van der Waals surface area contributed by atoms with Crippen LogP contribution in [0.2, 0.25) is 5.02 Å². The topological polar surface area (TPSA) is 32.3 Å². The van der Waals surface area contributed by atoms with Gasteiger partial charge in [0.05, 0.1) is 9.50 Å². The molecule has 2 nitrogen and oxygen atoms in total. The molecule has 15 heavy (non-hydrogen) atoms. The van der Waals surface area contributed by atoms with Crippen molar-refractivity contribution in [2.24, 2.45) is 0 Å². The van der Waals surface area contributed by atoms with Crippen molar-refractivity contribution >= 4 is 27.5 Å². The Morgan fingerprint density at radius 3 is 2.87 bits per heavy atom. The highest BCUT2D eigenvalue weighted by molar-refractivity contribution is 9.10. The summed E-state index contributed by atoms with van der Waals surface area (Å²) in [5.41, 5.74) is 0.936. The molecule has 1 saturated heterocycles. The van der Waals surface area contributed by atoms with Crippen molar-refractivity contribution in [1.82, 2.24) is 5.32 Å². The fourth-order valence-corrected chi connectivity index (χ4v) is 2.47. The fraction of sp³-hybridized carbons (Fsp3) is 0.455. The van der Waals surface area contributed by atoms with E-state index in [2.05, 4.69) is 21.2 Å². The minimum absolute atomic E-state index is 0.257. The molecule has 0 saturated carbocycles. The van der Waals surface area contributed by atoms with Crippen LogP contribution in [-0.2, 0) is 0 Å². The van der Waals surface area contributed by atoms with Gasteiger partial charge in [-0.3, -0.25) is 0 Å². The van der Waals surface area contributed by atoms with Gasteiger partial charge < -0.3 is 10.4 Å². The lowest BCUT2D eigenvalue weighted by Crippen LogP contribution is -2.26. The molecular weight excluding hydrogens is 277 g/mol. The first kappa shape index (κ1) is 11.2. The largest absolute Gasteiger partial charge is 0.506 e. The molecule has 1 aliphatic heterocycles. The Bertz CT molecular complexity index is 364. The third-order valence-corrected chi connectivity index (χ3v) is 4.13. The third-order valence-electron chi connectivity index (χ3n) is 2.79. The van der Waals surface area contributed by atoms with Gasteiger partial charge in [0.25, 0.3) is 0 Å². The zero-order valence-corrected chi connectivity index (χ0v) is 10.6. The van der Waals surface area contributed by atoms with Crippen molar-refractivity contribution < 1.29 is 5.11 Å². The first-order chi connectivity index (χ1) is 7.20. The summed E-state index contributed by atoms with van der Waals surface area (Å²) in [5, 5.41) is 13.9. The van der Waals surface area contributed by atoms with Gasteiger partial charge in [-0.15, -0.1) is 0 Å². The van der Waals surface area contributed by atoms with E-state index in [1.807, 2.05) is 12.1 Å². The van der Waals surface area contributed by atoms with Gasteiger partial charge >= 0.3 is 0 Å². The molecule has 1 aromatic rings. The molecule has 82 valence electrons. The molecule has 0 unspecified atom stereocenters. The Kier molecular flexibility index (Phi) is 3.54. The number of hydrogen-bond acceptors (Lipinski definition) is 2. The standard InChI is InChI=1S/C11H13BrClNO/c12-10-8(13)5-4-7(11(10)15)9-3-1-2-6-14-9/h4-5,9,14-15H,1-3,6H2/t9-/m1/s1. The van der Waals surface area contributed by atoms with Gasteiger partial charge in [0, 0.05) is 11.6 Å². The van der Waals surface area contributed by atoms with E-state index in [0.29, 0.717) is 9.50 Å². The zero-order chi connectivity index (χ0) is 10.8. The maximum atomic E-state index is 9.96. The molecule has 0 amide bonds. The third kappa shape index (κ3) is 2.30. The lowest BCUT2D eigenvalue weighted by Gasteiger charge is -2.24. The molecule has 0 aliphatic carbocycles. The van der Waals surface area contributed by atoms with Crippen LogP contribution in [0.1, 0.15) is 30.9 Å². The average Bonchev–Trinajstić information content (AvgIpc) is 2.27. The maximum Gasteiger partial charge on any atom is 0.136 e. The number of phenolic OH excluding ortho intramolecular Hbond substituents is 1. The van der Waals surface area contributed by atoms with Gasteiger partial charge in [-0.1, -0.05) is 24.1 Å². The molecule has 4 heteroatoms. The van der Waals surface area contributed by atoms with Gasteiger partial charge in [0.1, 0.15) is 5.75 Å². The second kappa shape index (κ2) is 4.73. The number of phenols is 1. The van der Waals surface area contributed by atoms with Gasteiger partial charge in [0.15, 0.2) is 0 Å². The van der Waals surface area contributed by atoms with E-state index in [1.54, 1.807) is 0 Å². The molecule has 1 aromatic carbocycles. The van der Waals surface area contributed by atoms with Crippen LogP contribution in [0.15, 0.2) is 16.6 Å². The summed E-state index contributed by atoms with van der Waals surface area (Å²) in [4.78, 5) is 0. The summed E-state index contributed by atoms with van der Waals surface area (Å²) in [6, 6.07) is 3.97. The molecule has 0 bridgehead atoms. The van der Waals surface area contributed by atoms with Crippen molar-refractivity contribution in [1.29, 1.82) is 0 Å². The van der Waals surface area contributed by atoms with E-state index in [-0.39, 0.29) is 11.8 Å². The van der Waals surface area contributed by atoms with Crippen LogP contribution in [0.4, 0.5) is 0 Å². The first-order valence-electron chi connectivity index (χ1n) is 5.10. The molecule has 0 spiro atoms. The van der Waals surface area contributed by atoms with Crippen LogP contribution in [0, 0.1) is 0 Å². The van der Waals surface area contributed by atoms with Crippen LogP contribution in [0.5, 0.6) is 5.75 Å². The van der Waals surface area contributed by atoms with Gasteiger partial charge in [-0.2, -0.15) is 0 Å². The van der Waals surface area contributed by atoms with E-state index in [4.69, 9.17) is 11.6 Å². The number of nitrogens with one attached hydrogen (secondary N) is 1. The van der Waals surface area contributed by atoms with Crippen molar-refractivity contribution in [3.05, 3.63) is 27.2 Å². The van der Waals surface area contributed by atoms with Crippen LogP contribution in [-0.4, -0.2) is 11.7 Å². The highest BCUT2D eigenvalue weighted by atomic mass is 79.9. The lowest BCUT2D eigenvalue weighted by molar-refractivity contribution is 0.390. The monoisotopic (exact) mass is 289 g/mol. The lowest BCUT2D eigenvalue weighted by atomic mass is 9.97. The second-order valence-corrected chi connectivity index (χ2v) is 5.00. The van der Waals surface area contributed by atoms with E-state index < -0.39 is 0 Å². The Morgan fingerprint density at radius 1 is 1.40 bits per heavy atom. The smallest absolute Gasteiger partial charge is 0.136 e. The zero-order valence-electron chi connectivity index (χ0n) is 8.26. The molecule has 2 rings (SSSR count). The summed E-state index contributed by atoms with van der Waals surface area (Å²) < 4.78 is 0.592. The minimum Gasteiger partial charge on any atom is -0.506 e. The second-order valence-electron chi connectivity index (χ2n) is 3.80. The molecule has 0 radical (unpaired) electrons. The van der Waals surface area contributed by atoms with Gasteiger partial charge in [-0.05, 0) is 41.4 Å². The van der Waals surface area contributed by atoms with Crippen LogP contribution in [0.25, 0.3) is 0 Å². The van der Waals surface area contributed by atoms with Crippen molar-refractivity contribution in [2.45, 2.75) is 25.3 Å². The number of piperidine rings is 1. The Balaban J connectivity index is 2.31. The molecule has 1 heterocycles. The number of rotatable bonds is 1. The summed E-state index contributed by atoms with van der Waals surface area (Å²) in [6.07, 6.45) is 3.49. The molecular formula is C11H13BrClNO. The fourth-order valence-electron chi connectivity index (χ4n) is 1.95. The minimum atomic E-state index is 0.257. The van der Waals surface area contributed by atoms with Crippen molar-refractivity contribution in [3.63, 3.8) is 0 Å². The molecule has 2 N–H and O–H groups in total. The summed E-state index contributed by atoms with van der Waals surface area (Å²) in [6.45, 7) is 1.02. The average molecular weight is 291 g/mol. The van der Waals surface area contributed by atoms with E-state index in [1.165, 1.54) is 12.8 Å². The van der Waals surface area contributed by atoms with Crippen LogP contribution >= 0.6 is 27.5 Å².